The lowest BCUT2D eigenvalue weighted by Gasteiger charge is -2.32. The number of sulfonamides is 1. The predicted molar refractivity (Wildman–Crippen MR) is 93.2 cm³/mol. The molecule has 130 valence electrons. The van der Waals surface area contributed by atoms with E-state index in [0.717, 1.165) is 10.2 Å². The van der Waals surface area contributed by atoms with Crippen molar-refractivity contribution >= 4 is 43.4 Å². The molecule has 1 aromatic rings. The van der Waals surface area contributed by atoms with E-state index in [-0.39, 0.29) is 12.6 Å². The second kappa shape index (κ2) is 7.08. The fourth-order valence-corrected chi connectivity index (χ4v) is 6.00. The first-order chi connectivity index (χ1) is 10.6. The first-order valence-corrected chi connectivity index (χ1v) is 10.4. The van der Waals surface area contributed by atoms with Gasteiger partial charge in [0.15, 0.2) is 0 Å². The number of piperidine rings is 1. The van der Waals surface area contributed by atoms with Crippen LogP contribution in [0.3, 0.4) is 0 Å². The fourth-order valence-electron chi connectivity index (χ4n) is 2.32. The van der Waals surface area contributed by atoms with E-state index in [1.54, 1.807) is 32.9 Å². The van der Waals surface area contributed by atoms with Crippen molar-refractivity contribution in [3.8, 4) is 0 Å². The van der Waals surface area contributed by atoms with Gasteiger partial charge in [-0.2, -0.15) is 4.31 Å². The third kappa shape index (κ3) is 5.17. The van der Waals surface area contributed by atoms with Crippen molar-refractivity contribution in [3.05, 3.63) is 15.9 Å². The number of nitrogens with one attached hydrogen (secondary N) is 1. The normalized spacial score (nSPS) is 20.3. The Hall–Kier alpha value is -0.640. The summed E-state index contributed by atoms with van der Waals surface area (Å²) in [4.78, 5) is 11.9. The molecule has 9 heteroatoms. The highest BCUT2D eigenvalue weighted by atomic mass is 79.9. The zero-order chi connectivity index (χ0) is 17.3. The first kappa shape index (κ1) is 18.7. The quantitative estimate of drug-likeness (QED) is 0.807. The number of halogens is 1. The second-order valence-electron chi connectivity index (χ2n) is 6.41. The number of amides is 1. The highest BCUT2D eigenvalue weighted by molar-refractivity contribution is 9.11. The van der Waals surface area contributed by atoms with Gasteiger partial charge in [0.05, 0.1) is 3.79 Å². The molecule has 0 saturated carbocycles. The lowest BCUT2D eigenvalue weighted by molar-refractivity contribution is 0.0487. The van der Waals surface area contributed by atoms with Crippen LogP contribution in [0.5, 0.6) is 0 Å². The van der Waals surface area contributed by atoms with Crippen LogP contribution in [0.2, 0.25) is 0 Å². The second-order valence-corrected chi connectivity index (χ2v) is 11.0. The standard InChI is InChI=1S/C14H21BrN2O4S2/c1-14(2,3)21-13(18)16-10-5-4-8-17(9-10)23(19,20)12-7-6-11(15)22-12/h6-7,10H,4-5,8-9H2,1-3H3,(H,16,18)/t10-/m0/s1. The minimum absolute atomic E-state index is 0.239. The topological polar surface area (TPSA) is 75.7 Å². The van der Waals surface area contributed by atoms with E-state index >= 15 is 0 Å². The van der Waals surface area contributed by atoms with E-state index < -0.39 is 21.7 Å². The van der Waals surface area contributed by atoms with Gasteiger partial charge in [0.2, 0.25) is 0 Å². The maximum atomic E-state index is 12.6. The van der Waals surface area contributed by atoms with Crippen LogP contribution in [0.15, 0.2) is 20.1 Å². The lowest BCUT2D eigenvalue weighted by Crippen LogP contribution is -2.50. The fraction of sp³-hybridized carbons (Fsp3) is 0.643. The van der Waals surface area contributed by atoms with Crippen LogP contribution < -0.4 is 5.32 Å². The molecule has 0 aromatic carbocycles. The Kier molecular flexibility index (Phi) is 5.76. The minimum Gasteiger partial charge on any atom is -0.444 e. The largest absolute Gasteiger partial charge is 0.444 e. The summed E-state index contributed by atoms with van der Waals surface area (Å²) in [5, 5.41) is 2.76. The lowest BCUT2D eigenvalue weighted by atomic mass is 10.1. The van der Waals surface area contributed by atoms with Gasteiger partial charge in [-0.3, -0.25) is 0 Å². The number of hydrogen-bond acceptors (Lipinski definition) is 5. The molecule has 1 aliphatic rings. The van der Waals surface area contributed by atoms with Crippen molar-refractivity contribution in [1.29, 1.82) is 0 Å². The van der Waals surface area contributed by atoms with E-state index in [9.17, 15) is 13.2 Å². The molecule has 1 saturated heterocycles. The summed E-state index contributed by atoms with van der Waals surface area (Å²) in [7, 11) is -3.52. The summed E-state index contributed by atoms with van der Waals surface area (Å²) in [5.41, 5.74) is -0.576. The molecule has 1 N–H and O–H groups in total. The first-order valence-electron chi connectivity index (χ1n) is 7.33. The number of carbonyl (C=O) groups excluding carboxylic acids is 1. The molecule has 2 rings (SSSR count). The molecular weight excluding hydrogens is 404 g/mol. The maximum absolute atomic E-state index is 12.6. The van der Waals surface area contributed by atoms with Crippen molar-refractivity contribution in [2.45, 2.75) is 49.5 Å². The van der Waals surface area contributed by atoms with E-state index in [4.69, 9.17) is 4.74 Å². The Morgan fingerprint density at radius 3 is 2.70 bits per heavy atom. The van der Waals surface area contributed by atoms with Gasteiger partial charge in [-0.1, -0.05) is 0 Å². The van der Waals surface area contributed by atoms with Gasteiger partial charge in [0.25, 0.3) is 10.0 Å². The molecule has 0 radical (unpaired) electrons. The van der Waals surface area contributed by atoms with Gasteiger partial charge in [-0.05, 0) is 61.7 Å². The highest BCUT2D eigenvalue weighted by Crippen LogP contribution is 2.29. The van der Waals surface area contributed by atoms with Crippen molar-refractivity contribution in [3.63, 3.8) is 0 Å². The number of nitrogens with zero attached hydrogens (tertiary/aromatic N) is 1. The Labute approximate surface area is 149 Å². The summed E-state index contributed by atoms with van der Waals surface area (Å²) in [6.45, 7) is 6.10. The number of alkyl carbamates (subject to hydrolysis) is 1. The van der Waals surface area contributed by atoms with E-state index in [1.807, 2.05) is 0 Å². The zero-order valence-corrected chi connectivity index (χ0v) is 16.6. The predicted octanol–water partition coefficient (Wildman–Crippen LogP) is 3.19. The summed E-state index contributed by atoms with van der Waals surface area (Å²) >= 11 is 4.47. The van der Waals surface area contributed by atoms with Crippen molar-refractivity contribution in [2.75, 3.05) is 13.1 Å². The van der Waals surface area contributed by atoms with Crippen molar-refractivity contribution in [1.82, 2.24) is 9.62 Å². The van der Waals surface area contributed by atoms with Crippen LogP contribution >= 0.6 is 27.3 Å². The summed E-state index contributed by atoms with van der Waals surface area (Å²) in [5.74, 6) is 0. The Balaban J connectivity index is 2.02. The Bertz CT molecular complexity index is 667. The Morgan fingerprint density at radius 2 is 2.13 bits per heavy atom. The number of carbonyl (C=O) groups is 1. The molecule has 2 heterocycles. The van der Waals surface area contributed by atoms with Gasteiger partial charge in [0.1, 0.15) is 9.81 Å². The smallest absolute Gasteiger partial charge is 0.407 e. The molecule has 1 aliphatic heterocycles. The molecule has 23 heavy (non-hydrogen) atoms. The summed E-state index contributed by atoms with van der Waals surface area (Å²) < 4.78 is 33.0. The minimum atomic E-state index is -3.52. The number of rotatable bonds is 3. The van der Waals surface area contributed by atoms with Gasteiger partial charge in [0, 0.05) is 19.1 Å². The summed E-state index contributed by atoms with van der Waals surface area (Å²) in [6.07, 6.45) is 0.923. The zero-order valence-electron chi connectivity index (χ0n) is 13.3. The molecule has 6 nitrogen and oxygen atoms in total. The van der Waals surface area contributed by atoms with Crippen LogP contribution in [-0.2, 0) is 14.8 Å². The van der Waals surface area contributed by atoms with Gasteiger partial charge < -0.3 is 10.1 Å². The van der Waals surface area contributed by atoms with E-state index in [1.165, 1.54) is 15.6 Å². The Morgan fingerprint density at radius 1 is 1.43 bits per heavy atom. The van der Waals surface area contributed by atoms with Crippen LogP contribution in [0, 0.1) is 0 Å². The van der Waals surface area contributed by atoms with Gasteiger partial charge >= 0.3 is 6.09 Å². The van der Waals surface area contributed by atoms with Crippen molar-refractivity contribution in [2.24, 2.45) is 0 Å². The van der Waals surface area contributed by atoms with Gasteiger partial charge in [-0.15, -0.1) is 11.3 Å². The van der Waals surface area contributed by atoms with Crippen molar-refractivity contribution < 1.29 is 17.9 Å². The molecule has 0 bridgehead atoms. The highest BCUT2D eigenvalue weighted by Gasteiger charge is 2.32. The summed E-state index contributed by atoms with van der Waals surface area (Å²) in [6, 6.07) is 3.07. The molecule has 1 atom stereocenters. The van der Waals surface area contributed by atoms with Crippen LogP contribution in [-0.4, -0.2) is 43.5 Å². The maximum Gasteiger partial charge on any atom is 0.407 e. The van der Waals surface area contributed by atoms with Gasteiger partial charge in [-0.25, -0.2) is 13.2 Å². The van der Waals surface area contributed by atoms with Crippen LogP contribution in [0.25, 0.3) is 0 Å². The average molecular weight is 425 g/mol. The third-order valence-corrected chi connectivity index (χ3v) is 7.20. The molecule has 0 unspecified atom stereocenters. The number of hydrogen-bond donors (Lipinski definition) is 1. The molecule has 0 spiro atoms. The molecule has 1 amide bonds. The molecule has 0 aliphatic carbocycles. The van der Waals surface area contributed by atoms with Crippen LogP contribution in [0.1, 0.15) is 33.6 Å². The van der Waals surface area contributed by atoms with Crippen LogP contribution in [0.4, 0.5) is 4.79 Å². The van der Waals surface area contributed by atoms with E-state index in [0.29, 0.717) is 17.2 Å². The molecular formula is C14H21BrN2O4S2. The average Bonchev–Trinajstić information content (AvgIpc) is 2.84. The number of ether oxygens (including phenoxy) is 1. The molecule has 1 aromatic heterocycles. The monoisotopic (exact) mass is 424 g/mol. The number of thiophene rings is 1. The van der Waals surface area contributed by atoms with E-state index in [2.05, 4.69) is 21.2 Å². The SMILES string of the molecule is CC(C)(C)OC(=O)N[C@H]1CCCN(S(=O)(=O)c2ccc(Br)s2)C1. The molecule has 1 fully saturated rings. The third-order valence-electron chi connectivity index (χ3n) is 3.25.